The summed E-state index contributed by atoms with van der Waals surface area (Å²) in [5, 5.41) is 14.9. The summed E-state index contributed by atoms with van der Waals surface area (Å²) in [6.07, 6.45) is 3.68. The molecule has 2 aromatic carbocycles. The van der Waals surface area contributed by atoms with Crippen LogP contribution in [0, 0.1) is 5.92 Å². The van der Waals surface area contributed by atoms with E-state index in [0.717, 1.165) is 41.9 Å². The summed E-state index contributed by atoms with van der Waals surface area (Å²) >= 11 is 6.21. The summed E-state index contributed by atoms with van der Waals surface area (Å²) in [6, 6.07) is 17.7. The Balaban J connectivity index is 1.68. The number of piperidine rings is 1. The highest BCUT2D eigenvalue weighted by Crippen LogP contribution is 2.28. The largest absolute Gasteiger partial charge is 0.481 e. The normalized spacial score (nSPS) is 17.5. The van der Waals surface area contributed by atoms with E-state index < -0.39 is 5.97 Å². The first kappa shape index (κ1) is 18.7. The van der Waals surface area contributed by atoms with Gasteiger partial charge in [-0.3, -0.25) is 9.69 Å². The standard InChI is InChI=1S/C22H22ClN3O2/c23-19-8-4-6-16(12-19)21-18(14-25-11-5-7-17(13-25)22(27)28)15-26(24-21)20-9-2-1-3-10-20/h1-4,6,8-10,12,15,17H,5,7,11,13-14H2,(H,27,28). The van der Waals surface area contributed by atoms with Crippen LogP contribution in [0.4, 0.5) is 0 Å². The van der Waals surface area contributed by atoms with Crippen LogP contribution in [0.5, 0.6) is 0 Å². The van der Waals surface area contributed by atoms with E-state index in [1.165, 1.54) is 0 Å². The second-order valence-corrected chi connectivity index (χ2v) is 7.64. The molecule has 0 radical (unpaired) electrons. The number of rotatable bonds is 5. The Morgan fingerprint density at radius 2 is 2.00 bits per heavy atom. The lowest BCUT2D eigenvalue weighted by Crippen LogP contribution is -2.38. The fourth-order valence-electron chi connectivity index (χ4n) is 3.76. The van der Waals surface area contributed by atoms with Gasteiger partial charge in [-0.15, -0.1) is 0 Å². The molecule has 1 fully saturated rings. The molecule has 0 spiro atoms. The molecule has 5 nitrogen and oxygen atoms in total. The van der Waals surface area contributed by atoms with Gasteiger partial charge in [0.05, 0.1) is 17.3 Å². The number of likely N-dealkylation sites (tertiary alicyclic amines) is 1. The third kappa shape index (κ3) is 4.11. The Morgan fingerprint density at radius 3 is 2.75 bits per heavy atom. The van der Waals surface area contributed by atoms with Crippen LogP contribution in [0.15, 0.2) is 60.8 Å². The number of aromatic nitrogens is 2. The Morgan fingerprint density at radius 1 is 1.18 bits per heavy atom. The quantitative estimate of drug-likeness (QED) is 0.691. The number of halogens is 1. The minimum absolute atomic E-state index is 0.299. The van der Waals surface area contributed by atoms with E-state index in [2.05, 4.69) is 4.90 Å². The summed E-state index contributed by atoms with van der Waals surface area (Å²) in [4.78, 5) is 13.6. The van der Waals surface area contributed by atoms with Gasteiger partial charge in [0.1, 0.15) is 0 Å². The van der Waals surface area contributed by atoms with Gasteiger partial charge in [-0.1, -0.05) is 41.9 Å². The fourth-order valence-corrected chi connectivity index (χ4v) is 3.95. The van der Waals surface area contributed by atoms with Gasteiger partial charge in [-0.2, -0.15) is 5.10 Å². The fraction of sp³-hybridized carbons (Fsp3) is 0.273. The summed E-state index contributed by atoms with van der Waals surface area (Å²) in [7, 11) is 0. The molecule has 2 heterocycles. The highest BCUT2D eigenvalue weighted by Gasteiger charge is 2.26. The van der Waals surface area contributed by atoms with Crippen molar-refractivity contribution in [1.29, 1.82) is 0 Å². The van der Waals surface area contributed by atoms with E-state index >= 15 is 0 Å². The topological polar surface area (TPSA) is 58.4 Å². The van der Waals surface area contributed by atoms with Crippen molar-refractivity contribution in [2.75, 3.05) is 13.1 Å². The molecule has 6 heteroatoms. The molecule has 0 aliphatic carbocycles. The van der Waals surface area contributed by atoms with Crippen LogP contribution in [0.1, 0.15) is 18.4 Å². The lowest BCUT2D eigenvalue weighted by Gasteiger charge is -2.30. The van der Waals surface area contributed by atoms with Crippen molar-refractivity contribution in [3.05, 3.63) is 71.4 Å². The third-order valence-corrected chi connectivity index (χ3v) is 5.39. The lowest BCUT2D eigenvalue weighted by atomic mass is 9.97. The van der Waals surface area contributed by atoms with Crippen LogP contribution in [0.2, 0.25) is 5.02 Å². The zero-order valence-corrected chi connectivity index (χ0v) is 16.2. The van der Waals surface area contributed by atoms with Gasteiger partial charge in [0.25, 0.3) is 0 Å². The average Bonchev–Trinajstić information content (AvgIpc) is 3.13. The first-order valence-electron chi connectivity index (χ1n) is 9.45. The molecule has 4 rings (SSSR count). The van der Waals surface area contributed by atoms with Crippen LogP contribution >= 0.6 is 11.6 Å². The van der Waals surface area contributed by atoms with Crippen LogP contribution < -0.4 is 0 Å². The molecule has 0 saturated carbocycles. The molecule has 1 aliphatic heterocycles. The Hall–Kier alpha value is -2.63. The number of aliphatic carboxylic acids is 1. The highest BCUT2D eigenvalue weighted by molar-refractivity contribution is 6.30. The number of para-hydroxylation sites is 1. The van der Waals surface area contributed by atoms with Crippen LogP contribution in [-0.4, -0.2) is 38.8 Å². The predicted molar refractivity (Wildman–Crippen MR) is 110 cm³/mol. The molecule has 1 atom stereocenters. The average molecular weight is 396 g/mol. The number of carboxylic acids is 1. The van der Waals surface area contributed by atoms with E-state index in [0.29, 0.717) is 18.1 Å². The molecule has 1 unspecified atom stereocenters. The molecule has 144 valence electrons. The van der Waals surface area contributed by atoms with E-state index in [4.69, 9.17) is 16.7 Å². The molecule has 3 aromatic rings. The number of nitrogens with zero attached hydrogens (tertiary/aromatic N) is 3. The SMILES string of the molecule is O=C(O)C1CCCN(Cc2cn(-c3ccccc3)nc2-c2cccc(Cl)c2)C1. The van der Waals surface area contributed by atoms with E-state index in [9.17, 15) is 9.90 Å². The van der Waals surface area contributed by atoms with Gasteiger partial charge in [0, 0.05) is 35.4 Å². The molecule has 28 heavy (non-hydrogen) atoms. The number of carboxylic acid groups (broad SMARTS) is 1. The number of hydrogen-bond acceptors (Lipinski definition) is 3. The maximum atomic E-state index is 11.4. The van der Waals surface area contributed by atoms with Crippen molar-refractivity contribution in [3.63, 3.8) is 0 Å². The van der Waals surface area contributed by atoms with Crippen LogP contribution in [0.3, 0.4) is 0 Å². The molecule has 1 aromatic heterocycles. The van der Waals surface area contributed by atoms with Crippen molar-refractivity contribution in [3.8, 4) is 16.9 Å². The molecular formula is C22H22ClN3O2. The molecule has 1 saturated heterocycles. The van der Waals surface area contributed by atoms with Crippen molar-refractivity contribution in [2.45, 2.75) is 19.4 Å². The zero-order chi connectivity index (χ0) is 19.5. The monoisotopic (exact) mass is 395 g/mol. The van der Waals surface area contributed by atoms with E-state index in [1.54, 1.807) is 0 Å². The van der Waals surface area contributed by atoms with Gasteiger partial charge in [-0.05, 0) is 43.7 Å². The number of benzene rings is 2. The maximum absolute atomic E-state index is 11.4. The van der Waals surface area contributed by atoms with Crippen molar-refractivity contribution >= 4 is 17.6 Å². The number of carbonyl (C=O) groups is 1. The molecule has 1 aliphatic rings. The lowest BCUT2D eigenvalue weighted by molar-refractivity contribution is -0.143. The zero-order valence-electron chi connectivity index (χ0n) is 15.5. The van der Waals surface area contributed by atoms with Crippen molar-refractivity contribution < 1.29 is 9.90 Å². The minimum Gasteiger partial charge on any atom is -0.481 e. The second-order valence-electron chi connectivity index (χ2n) is 7.21. The van der Waals surface area contributed by atoms with E-state index in [-0.39, 0.29) is 5.92 Å². The minimum atomic E-state index is -0.709. The Labute approximate surface area is 169 Å². The maximum Gasteiger partial charge on any atom is 0.307 e. The van der Waals surface area contributed by atoms with Gasteiger partial charge >= 0.3 is 5.97 Å². The van der Waals surface area contributed by atoms with Crippen LogP contribution in [-0.2, 0) is 11.3 Å². The van der Waals surface area contributed by atoms with Gasteiger partial charge < -0.3 is 5.11 Å². The molecule has 0 amide bonds. The predicted octanol–water partition coefficient (Wildman–Crippen LogP) is 4.49. The third-order valence-electron chi connectivity index (χ3n) is 5.16. The van der Waals surface area contributed by atoms with E-state index in [1.807, 2.05) is 65.5 Å². The Bertz CT molecular complexity index is 971. The van der Waals surface area contributed by atoms with Gasteiger partial charge in [0.2, 0.25) is 0 Å². The summed E-state index contributed by atoms with van der Waals surface area (Å²) in [6.45, 7) is 2.13. The van der Waals surface area contributed by atoms with Crippen LogP contribution in [0.25, 0.3) is 16.9 Å². The summed E-state index contributed by atoms with van der Waals surface area (Å²) < 4.78 is 1.88. The van der Waals surface area contributed by atoms with Crippen molar-refractivity contribution in [2.24, 2.45) is 5.92 Å². The second kappa shape index (κ2) is 8.17. The van der Waals surface area contributed by atoms with Gasteiger partial charge in [0.15, 0.2) is 0 Å². The molecular weight excluding hydrogens is 374 g/mol. The molecule has 0 bridgehead atoms. The first-order valence-corrected chi connectivity index (χ1v) is 9.83. The molecule has 1 N–H and O–H groups in total. The smallest absolute Gasteiger partial charge is 0.307 e. The summed E-state index contributed by atoms with van der Waals surface area (Å²) in [5.41, 5.74) is 3.89. The summed E-state index contributed by atoms with van der Waals surface area (Å²) in [5.74, 6) is -1.01. The van der Waals surface area contributed by atoms with Gasteiger partial charge in [-0.25, -0.2) is 4.68 Å². The first-order chi connectivity index (χ1) is 13.6. The number of hydrogen-bond donors (Lipinski definition) is 1. The highest BCUT2D eigenvalue weighted by atomic mass is 35.5. The van der Waals surface area contributed by atoms with Crippen molar-refractivity contribution in [1.82, 2.24) is 14.7 Å². The Kier molecular flexibility index (Phi) is 5.46.